The molecule has 0 radical (unpaired) electrons. The number of aliphatic hydroxyl groups is 1. The van der Waals surface area contributed by atoms with Crippen molar-refractivity contribution in [2.75, 3.05) is 19.0 Å². The molecule has 1 atom stereocenters. The average Bonchev–Trinajstić information content (AvgIpc) is 2.90. The van der Waals surface area contributed by atoms with Gasteiger partial charge < -0.3 is 15.2 Å². The summed E-state index contributed by atoms with van der Waals surface area (Å²) in [6, 6.07) is 9.81. The summed E-state index contributed by atoms with van der Waals surface area (Å²) in [5, 5.41) is 17.2. The summed E-state index contributed by atoms with van der Waals surface area (Å²) < 4.78 is 6.81. The van der Waals surface area contributed by atoms with Crippen LogP contribution in [0, 0.1) is 0 Å². The Morgan fingerprint density at radius 3 is 3.05 bits per heavy atom. The highest BCUT2D eigenvalue weighted by Gasteiger charge is 2.05. The van der Waals surface area contributed by atoms with Crippen LogP contribution in [0.4, 0.5) is 5.69 Å². The van der Waals surface area contributed by atoms with E-state index in [1.807, 2.05) is 36.5 Å². The zero-order valence-corrected chi connectivity index (χ0v) is 11.0. The molecule has 2 aromatic rings. The number of methoxy groups -OCH3 is 1. The number of aliphatic hydroxyl groups excluding tert-OH is 1. The number of anilines is 1. The second kappa shape index (κ2) is 6.92. The van der Waals surface area contributed by atoms with Gasteiger partial charge in [-0.15, -0.1) is 0 Å². The molecule has 1 heterocycles. The maximum atomic E-state index is 9.91. The van der Waals surface area contributed by atoms with Crippen LogP contribution in [0.15, 0.2) is 42.7 Å². The molecule has 0 saturated heterocycles. The van der Waals surface area contributed by atoms with Gasteiger partial charge in [-0.2, -0.15) is 5.10 Å². The summed E-state index contributed by atoms with van der Waals surface area (Å²) >= 11 is 0. The van der Waals surface area contributed by atoms with Crippen molar-refractivity contribution < 1.29 is 9.84 Å². The van der Waals surface area contributed by atoms with Gasteiger partial charge in [0.05, 0.1) is 19.3 Å². The van der Waals surface area contributed by atoms with Gasteiger partial charge in [0.1, 0.15) is 0 Å². The predicted molar refractivity (Wildman–Crippen MR) is 73.9 cm³/mol. The highest BCUT2D eigenvalue weighted by atomic mass is 16.5. The molecule has 0 aliphatic rings. The van der Waals surface area contributed by atoms with Crippen LogP contribution >= 0.6 is 0 Å². The maximum Gasteiger partial charge on any atom is 0.0907 e. The van der Waals surface area contributed by atoms with Gasteiger partial charge in [0.25, 0.3) is 0 Å². The summed E-state index contributed by atoms with van der Waals surface area (Å²) in [6.45, 7) is 1.55. The van der Waals surface area contributed by atoms with Gasteiger partial charge in [-0.25, -0.2) is 0 Å². The molecule has 0 amide bonds. The van der Waals surface area contributed by atoms with E-state index in [0.29, 0.717) is 19.7 Å². The summed E-state index contributed by atoms with van der Waals surface area (Å²) in [4.78, 5) is 0. The molecule has 1 aromatic carbocycles. The first kappa shape index (κ1) is 13.6. The minimum absolute atomic E-state index is 0.481. The van der Waals surface area contributed by atoms with Gasteiger partial charge in [-0.3, -0.25) is 4.68 Å². The number of aromatic nitrogens is 2. The summed E-state index contributed by atoms with van der Waals surface area (Å²) in [6.07, 6.45) is 3.06. The fourth-order valence-electron chi connectivity index (χ4n) is 1.86. The molecule has 0 fully saturated rings. The number of benzene rings is 1. The minimum atomic E-state index is -0.481. The van der Waals surface area contributed by atoms with Gasteiger partial charge in [0.15, 0.2) is 0 Å². The first-order valence-electron chi connectivity index (χ1n) is 6.25. The zero-order chi connectivity index (χ0) is 13.5. The Bertz CT molecular complexity index is 485. The topological polar surface area (TPSA) is 59.3 Å². The largest absolute Gasteiger partial charge is 0.389 e. The second-order valence-corrected chi connectivity index (χ2v) is 4.40. The van der Waals surface area contributed by atoms with Crippen LogP contribution < -0.4 is 5.32 Å². The monoisotopic (exact) mass is 261 g/mol. The lowest BCUT2D eigenvalue weighted by Crippen LogP contribution is -2.25. The Balaban J connectivity index is 1.82. The number of ether oxygens (including phenoxy) is 1. The van der Waals surface area contributed by atoms with Crippen molar-refractivity contribution in [1.82, 2.24) is 9.78 Å². The molecule has 0 aliphatic carbocycles. The second-order valence-electron chi connectivity index (χ2n) is 4.40. The molecule has 102 valence electrons. The van der Waals surface area contributed by atoms with E-state index in [9.17, 15) is 5.11 Å². The highest BCUT2D eigenvalue weighted by molar-refractivity contribution is 5.45. The van der Waals surface area contributed by atoms with Gasteiger partial charge >= 0.3 is 0 Å². The Labute approximate surface area is 112 Å². The van der Waals surface area contributed by atoms with Crippen molar-refractivity contribution in [2.24, 2.45) is 0 Å². The third-order valence-electron chi connectivity index (χ3n) is 2.74. The molecule has 0 aliphatic heterocycles. The van der Waals surface area contributed by atoms with Crippen molar-refractivity contribution in [1.29, 1.82) is 0 Å². The van der Waals surface area contributed by atoms with Crippen molar-refractivity contribution in [3.05, 3.63) is 48.3 Å². The Morgan fingerprint density at radius 1 is 1.42 bits per heavy atom. The third kappa shape index (κ3) is 4.39. The lowest BCUT2D eigenvalue weighted by Gasteiger charge is -2.13. The molecule has 5 nitrogen and oxygen atoms in total. The lowest BCUT2D eigenvalue weighted by molar-refractivity contribution is 0.161. The van der Waals surface area contributed by atoms with E-state index >= 15 is 0 Å². The standard InChI is InChI=1S/C14H19N3O2/c1-19-11-12-4-2-5-13(8-12)15-9-14(18)10-17-7-3-6-16-17/h2-8,14-15,18H,9-11H2,1H3. The van der Waals surface area contributed by atoms with Gasteiger partial charge in [-0.1, -0.05) is 12.1 Å². The molecule has 1 unspecified atom stereocenters. The van der Waals surface area contributed by atoms with Crippen LogP contribution in [-0.4, -0.2) is 34.6 Å². The fraction of sp³-hybridized carbons (Fsp3) is 0.357. The van der Waals surface area contributed by atoms with Crippen LogP contribution in [0.1, 0.15) is 5.56 Å². The van der Waals surface area contributed by atoms with Gasteiger partial charge in [-0.05, 0) is 23.8 Å². The first-order valence-corrected chi connectivity index (χ1v) is 6.25. The number of hydrogen-bond donors (Lipinski definition) is 2. The molecule has 19 heavy (non-hydrogen) atoms. The molecule has 0 saturated carbocycles. The number of hydrogen-bond acceptors (Lipinski definition) is 4. The van der Waals surface area contributed by atoms with E-state index in [0.717, 1.165) is 11.3 Å². The normalized spacial score (nSPS) is 12.3. The van der Waals surface area contributed by atoms with Crippen molar-refractivity contribution >= 4 is 5.69 Å². The SMILES string of the molecule is COCc1cccc(NCC(O)Cn2cccn2)c1. The molecule has 5 heteroatoms. The Hall–Kier alpha value is -1.85. The van der Waals surface area contributed by atoms with E-state index in [1.54, 1.807) is 18.0 Å². The molecular formula is C14H19N3O2. The fourth-order valence-corrected chi connectivity index (χ4v) is 1.86. The number of nitrogens with one attached hydrogen (secondary N) is 1. The predicted octanol–water partition coefficient (Wildman–Crippen LogP) is 1.50. The van der Waals surface area contributed by atoms with Crippen molar-refractivity contribution in [3.8, 4) is 0 Å². The van der Waals surface area contributed by atoms with Crippen molar-refractivity contribution in [2.45, 2.75) is 19.3 Å². The summed E-state index contributed by atoms with van der Waals surface area (Å²) in [5.41, 5.74) is 2.09. The van der Waals surface area contributed by atoms with Crippen LogP contribution in [0.25, 0.3) is 0 Å². The Kier molecular flexibility index (Phi) is 4.94. The quantitative estimate of drug-likeness (QED) is 0.793. The van der Waals surface area contributed by atoms with Crippen LogP contribution in [0.5, 0.6) is 0 Å². The number of nitrogens with zero attached hydrogens (tertiary/aromatic N) is 2. The van der Waals surface area contributed by atoms with Crippen LogP contribution in [0.2, 0.25) is 0 Å². The molecule has 2 N–H and O–H groups in total. The molecular weight excluding hydrogens is 242 g/mol. The average molecular weight is 261 g/mol. The molecule has 0 spiro atoms. The lowest BCUT2D eigenvalue weighted by atomic mass is 10.2. The molecule has 2 rings (SSSR count). The smallest absolute Gasteiger partial charge is 0.0907 e. The number of rotatable bonds is 7. The minimum Gasteiger partial charge on any atom is -0.389 e. The van der Waals surface area contributed by atoms with E-state index < -0.39 is 6.10 Å². The third-order valence-corrected chi connectivity index (χ3v) is 2.74. The van der Waals surface area contributed by atoms with Crippen LogP contribution in [0.3, 0.4) is 0 Å². The van der Waals surface area contributed by atoms with Crippen molar-refractivity contribution in [3.63, 3.8) is 0 Å². The molecule has 0 bridgehead atoms. The summed E-state index contributed by atoms with van der Waals surface area (Å²) in [7, 11) is 1.67. The zero-order valence-electron chi connectivity index (χ0n) is 11.0. The van der Waals surface area contributed by atoms with Crippen LogP contribution in [-0.2, 0) is 17.9 Å². The van der Waals surface area contributed by atoms with E-state index in [1.165, 1.54) is 0 Å². The molecule has 1 aromatic heterocycles. The van der Waals surface area contributed by atoms with Gasteiger partial charge in [0, 0.05) is 31.7 Å². The maximum absolute atomic E-state index is 9.91. The van der Waals surface area contributed by atoms with Gasteiger partial charge in [0.2, 0.25) is 0 Å². The van der Waals surface area contributed by atoms with E-state index in [2.05, 4.69) is 10.4 Å². The first-order chi connectivity index (χ1) is 9.28. The Morgan fingerprint density at radius 2 is 2.32 bits per heavy atom. The summed E-state index contributed by atoms with van der Waals surface area (Å²) in [5.74, 6) is 0. The van der Waals surface area contributed by atoms with E-state index in [-0.39, 0.29) is 0 Å². The highest BCUT2D eigenvalue weighted by Crippen LogP contribution is 2.11. The van der Waals surface area contributed by atoms with E-state index in [4.69, 9.17) is 4.74 Å².